The zero-order chi connectivity index (χ0) is 25.3. The van der Waals surface area contributed by atoms with Crippen molar-refractivity contribution in [3.05, 3.63) is 105 Å². The van der Waals surface area contributed by atoms with Crippen LogP contribution in [0.2, 0.25) is 0 Å². The second-order valence-corrected chi connectivity index (χ2v) is 10.4. The summed E-state index contributed by atoms with van der Waals surface area (Å²) in [5, 5.41) is 0.677. The Morgan fingerprint density at radius 3 is 2.40 bits per heavy atom. The van der Waals surface area contributed by atoms with Crippen LogP contribution in [0, 0.1) is 20.8 Å². The summed E-state index contributed by atoms with van der Waals surface area (Å²) in [7, 11) is -2.44. The van der Waals surface area contributed by atoms with Crippen LogP contribution < -0.4 is 9.93 Å². The quantitative estimate of drug-likeness (QED) is 0.281. The average Bonchev–Trinajstić information content (AvgIpc) is 2.85. The van der Waals surface area contributed by atoms with Crippen molar-refractivity contribution in [3.63, 3.8) is 0 Å². The largest absolute Gasteiger partial charge is 0.457 e. The first-order chi connectivity index (χ1) is 16.6. The van der Waals surface area contributed by atoms with Crippen molar-refractivity contribution < 1.29 is 22.4 Å². The number of benzene rings is 3. The normalized spacial score (nSPS) is 11.4. The number of nitrogens with zero attached hydrogens (tertiary/aromatic N) is 1. The predicted molar refractivity (Wildman–Crippen MR) is 134 cm³/mol. The summed E-state index contributed by atoms with van der Waals surface area (Å²) in [6.45, 7) is 5.53. The van der Waals surface area contributed by atoms with Gasteiger partial charge in [-0.05, 0) is 62.2 Å². The smallest absolute Gasteiger partial charge is 0.338 e. The zero-order valence-electron chi connectivity index (χ0n) is 19.9. The van der Waals surface area contributed by atoms with E-state index in [0.717, 1.165) is 21.0 Å². The van der Waals surface area contributed by atoms with Crippen molar-refractivity contribution in [1.82, 2.24) is 0 Å². The molecular formula is C27H25NO6S. The summed E-state index contributed by atoms with van der Waals surface area (Å²) in [5.41, 5.74) is 3.84. The number of hydrogen-bond acceptors (Lipinski definition) is 6. The molecule has 0 fully saturated rings. The van der Waals surface area contributed by atoms with E-state index in [1.54, 1.807) is 12.1 Å². The number of rotatable bonds is 6. The lowest BCUT2D eigenvalue weighted by atomic mass is 10.0. The van der Waals surface area contributed by atoms with Crippen molar-refractivity contribution in [1.29, 1.82) is 0 Å². The molecule has 0 amide bonds. The van der Waals surface area contributed by atoms with Gasteiger partial charge in [-0.15, -0.1) is 0 Å². The van der Waals surface area contributed by atoms with Crippen LogP contribution in [0.5, 0.6) is 0 Å². The van der Waals surface area contributed by atoms with Gasteiger partial charge in [-0.1, -0.05) is 35.9 Å². The van der Waals surface area contributed by atoms with E-state index in [2.05, 4.69) is 0 Å². The number of carbonyl (C=O) groups is 1. The summed E-state index contributed by atoms with van der Waals surface area (Å²) in [5.74, 6) is -0.703. The van der Waals surface area contributed by atoms with E-state index in [-0.39, 0.29) is 17.1 Å². The molecule has 7 nitrogen and oxygen atoms in total. The molecule has 3 aromatic carbocycles. The molecule has 0 aliphatic rings. The van der Waals surface area contributed by atoms with Gasteiger partial charge in [0.05, 0.1) is 16.1 Å². The van der Waals surface area contributed by atoms with Gasteiger partial charge in [-0.2, -0.15) is 0 Å². The van der Waals surface area contributed by atoms with E-state index >= 15 is 0 Å². The van der Waals surface area contributed by atoms with Crippen LogP contribution in [0.25, 0.3) is 11.0 Å². The van der Waals surface area contributed by atoms with Gasteiger partial charge in [0, 0.05) is 24.1 Å². The van der Waals surface area contributed by atoms with Gasteiger partial charge in [-0.3, -0.25) is 4.31 Å². The first-order valence-electron chi connectivity index (χ1n) is 10.9. The molecule has 0 atom stereocenters. The number of esters is 1. The third-order valence-corrected chi connectivity index (χ3v) is 7.78. The Kier molecular flexibility index (Phi) is 6.49. The fourth-order valence-corrected chi connectivity index (χ4v) is 4.95. The Balaban J connectivity index is 1.58. The Morgan fingerprint density at radius 2 is 1.69 bits per heavy atom. The van der Waals surface area contributed by atoms with Crippen LogP contribution in [-0.2, 0) is 21.4 Å². The van der Waals surface area contributed by atoms with Gasteiger partial charge in [0.25, 0.3) is 10.0 Å². The fourth-order valence-electron chi connectivity index (χ4n) is 3.71. The molecule has 0 bridgehead atoms. The molecule has 1 aromatic heterocycles. The number of anilines is 1. The molecule has 0 radical (unpaired) electrons. The molecule has 0 aliphatic heterocycles. The number of hydrogen-bond donors (Lipinski definition) is 0. The molecule has 1 heterocycles. The van der Waals surface area contributed by atoms with Gasteiger partial charge >= 0.3 is 11.6 Å². The van der Waals surface area contributed by atoms with Gasteiger partial charge in [-0.25, -0.2) is 18.0 Å². The first-order valence-corrected chi connectivity index (χ1v) is 12.4. The highest BCUT2D eigenvalue weighted by Crippen LogP contribution is 2.25. The molecule has 180 valence electrons. The predicted octanol–water partition coefficient (Wildman–Crippen LogP) is 4.90. The Morgan fingerprint density at radius 1 is 0.971 bits per heavy atom. The summed E-state index contributed by atoms with van der Waals surface area (Å²) < 4.78 is 38.3. The fraction of sp³-hybridized carbons (Fsp3) is 0.185. The van der Waals surface area contributed by atoms with Crippen molar-refractivity contribution in [2.75, 3.05) is 11.4 Å². The van der Waals surface area contributed by atoms with Crippen LogP contribution in [0.1, 0.15) is 32.6 Å². The number of fused-ring (bicyclic) bond motifs is 1. The van der Waals surface area contributed by atoms with Crippen LogP contribution in [0.4, 0.5) is 5.69 Å². The number of sulfonamides is 1. The SMILES string of the molecule is Cc1ccc(N(C)S(=O)(=O)c2cccc(C(=O)OCc3cc(=O)oc4c(C)c(C)ccc34)c2)cc1. The van der Waals surface area contributed by atoms with Crippen LogP contribution in [0.15, 0.2) is 80.8 Å². The van der Waals surface area contributed by atoms with Gasteiger partial charge < -0.3 is 9.15 Å². The molecule has 0 unspecified atom stereocenters. The third kappa shape index (κ3) is 4.83. The lowest BCUT2D eigenvalue weighted by Crippen LogP contribution is -2.26. The molecule has 8 heteroatoms. The maximum absolute atomic E-state index is 13.1. The van der Waals surface area contributed by atoms with Crippen LogP contribution in [0.3, 0.4) is 0 Å². The van der Waals surface area contributed by atoms with E-state index in [1.807, 2.05) is 45.0 Å². The highest BCUT2D eigenvalue weighted by molar-refractivity contribution is 7.92. The Hall–Kier alpha value is -3.91. The second kappa shape index (κ2) is 9.38. The molecule has 0 saturated heterocycles. The van der Waals surface area contributed by atoms with Gasteiger partial charge in [0.1, 0.15) is 12.2 Å². The topological polar surface area (TPSA) is 93.9 Å². The van der Waals surface area contributed by atoms with Crippen molar-refractivity contribution >= 4 is 32.6 Å². The Labute approximate surface area is 203 Å². The second-order valence-electron chi connectivity index (χ2n) is 8.39. The van der Waals surface area contributed by atoms with Crippen LogP contribution in [-0.4, -0.2) is 21.4 Å². The third-order valence-electron chi connectivity index (χ3n) is 6.00. The van der Waals surface area contributed by atoms with Gasteiger partial charge in [0.2, 0.25) is 0 Å². The highest BCUT2D eigenvalue weighted by Gasteiger charge is 2.23. The standard InChI is InChI=1S/C27H25NO6S/c1-17-8-11-22(12-9-17)28(4)35(31,32)23-7-5-6-20(14-23)27(30)33-16-21-15-25(29)34-26-19(3)18(2)10-13-24(21)26/h5-15H,16H2,1-4H3. The molecule has 0 N–H and O–H groups in total. The van der Waals surface area contributed by atoms with Crippen LogP contribution >= 0.6 is 0 Å². The monoisotopic (exact) mass is 491 g/mol. The first kappa shape index (κ1) is 24.2. The van der Waals surface area contributed by atoms with E-state index in [0.29, 0.717) is 22.2 Å². The van der Waals surface area contributed by atoms with Crippen molar-refractivity contribution in [3.8, 4) is 0 Å². The molecule has 0 spiro atoms. The molecule has 0 aliphatic carbocycles. The Bertz CT molecular complexity index is 1590. The molecule has 0 saturated carbocycles. The summed E-state index contributed by atoms with van der Waals surface area (Å²) >= 11 is 0. The zero-order valence-corrected chi connectivity index (χ0v) is 20.7. The lowest BCUT2D eigenvalue weighted by Gasteiger charge is -2.20. The number of carbonyl (C=O) groups excluding carboxylic acids is 1. The van der Waals surface area contributed by atoms with Crippen molar-refractivity contribution in [2.24, 2.45) is 0 Å². The molecule has 4 aromatic rings. The summed E-state index contributed by atoms with van der Waals surface area (Å²) in [6, 6.07) is 17.8. The minimum absolute atomic E-state index is 0.0352. The lowest BCUT2D eigenvalue weighted by molar-refractivity contribution is 0.0473. The maximum Gasteiger partial charge on any atom is 0.338 e. The minimum Gasteiger partial charge on any atom is -0.457 e. The number of aryl methyl sites for hydroxylation is 3. The maximum atomic E-state index is 13.1. The van der Waals surface area contributed by atoms with E-state index < -0.39 is 21.6 Å². The van der Waals surface area contributed by atoms with Crippen molar-refractivity contribution in [2.45, 2.75) is 32.3 Å². The number of ether oxygens (including phenoxy) is 1. The molecule has 4 rings (SSSR count). The minimum atomic E-state index is -3.90. The average molecular weight is 492 g/mol. The summed E-state index contributed by atoms with van der Waals surface area (Å²) in [4.78, 5) is 24.8. The molecular weight excluding hydrogens is 466 g/mol. The van der Waals surface area contributed by atoms with E-state index in [4.69, 9.17) is 9.15 Å². The molecule has 35 heavy (non-hydrogen) atoms. The summed E-state index contributed by atoms with van der Waals surface area (Å²) in [6.07, 6.45) is 0. The van der Waals surface area contributed by atoms with E-state index in [9.17, 15) is 18.0 Å². The highest BCUT2D eigenvalue weighted by atomic mass is 32.2. The van der Waals surface area contributed by atoms with Gasteiger partial charge in [0.15, 0.2) is 0 Å². The van der Waals surface area contributed by atoms with E-state index in [1.165, 1.54) is 37.4 Å².